The second kappa shape index (κ2) is 69.0. The molecule has 6 heteroatoms. The van der Waals surface area contributed by atoms with Crippen LogP contribution in [0.3, 0.4) is 0 Å². The van der Waals surface area contributed by atoms with Crippen LogP contribution in [-0.2, 0) is 28.6 Å². The summed E-state index contributed by atoms with van der Waals surface area (Å²) in [6.45, 7) is 6.32. The Morgan fingerprint density at radius 3 is 0.783 bits per heavy atom. The van der Waals surface area contributed by atoms with Crippen molar-refractivity contribution in [2.75, 3.05) is 13.2 Å². The highest BCUT2D eigenvalue weighted by Gasteiger charge is 2.19. The van der Waals surface area contributed by atoms with Crippen molar-refractivity contribution in [2.24, 2.45) is 0 Å². The SMILES string of the molecule is CC/C=C\C/C=C\C/C=C\C/C=C\C/C=C\C/C=C\C/C=C\C/C=C\C/C=C\CCCC(=O)OCC(COC(=O)CCCCCCCCC/C=C\C/C=C\CCCCC)OC(=O)CCCCCCCC/C=C\C/C=C\C/C=C\C/C=C\CC. The van der Waals surface area contributed by atoms with Gasteiger partial charge in [-0.05, 0) is 154 Å². The Bertz CT molecular complexity index is 1940. The van der Waals surface area contributed by atoms with E-state index in [2.05, 4.69) is 203 Å². The third kappa shape index (κ3) is 67.2. The summed E-state index contributed by atoms with van der Waals surface area (Å²) >= 11 is 0. The molecule has 0 fully saturated rings. The maximum Gasteiger partial charge on any atom is 0.306 e. The molecule has 0 saturated carbocycles. The van der Waals surface area contributed by atoms with E-state index in [1.54, 1.807) is 0 Å². The highest BCUT2D eigenvalue weighted by atomic mass is 16.6. The Morgan fingerprint density at radius 2 is 0.482 bits per heavy atom. The van der Waals surface area contributed by atoms with Crippen LogP contribution in [0.2, 0.25) is 0 Å². The van der Waals surface area contributed by atoms with Gasteiger partial charge in [-0.15, -0.1) is 0 Å². The van der Waals surface area contributed by atoms with Crippen LogP contribution in [0, 0.1) is 0 Å². The Labute approximate surface area is 510 Å². The number of carbonyl (C=O) groups excluding carboxylic acids is 3. The molecule has 0 aromatic heterocycles. The van der Waals surface area contributed by atoms with Gasteiger partial charge in [-0.2, -0.15) is 0 Å². The average molecular weight is 1140 g/mol. The first-order chi connectivity index (χ1) is 41.0. The molecule has 464 valence electrons. The number of esters is 3. The first-order valence-corrected chi connectivity index (χ1v) is 33.3. The van der Waals surface area contributed by atoms with Crippen molar-refractivity contribution in [3.63, 3.8) is 0 Å². The molecule has 0 aromatic rings. The number of hydrogen-bond acceptors (Lipinski definition) is 6. The molecule has 83 heavy (non-hydrogen) atoms. The summed E-state index contributed by atoms with van der Waals surface area (Å²) in [5.41, 5.74) is 0. The van der Waals surface area contributed by atoms with Crippen LogP contribution in [0.1, 0.15) is 265 Å². The van der Waals surface area contributed by atoms with Crippen LogP contribution in [0.25, 0.3) is 0 Å². The van der Waals surface area contributed by atoms with Crippen molar-refractivity contribution in [3.8, 4) is 0 Å². The molecule has 1 atom stereocenters. The van der Waals surface area contributed by atoms with Gasteiger partial charge in [0.25, 0.3) is 0 Å². The normalized spacial score (nSPS) is 13.3. The highest BCUT2D eigenvalue weighted by molar-refractivity contribution is 5.71. The largest absolute Gasteiger partial charge is 0.462 e. The number of allylic oxidation sites excluding steroid dienone is 30. The van der Waals surface area contributed by atoms with E-state index < -0.39 is 6.10 Å². The molecule has 0 aromatic carbocycles. The highest BCUT2D eigenvalue weighted by Crippen LogP contribution is 2.14. The number of unbranched alkanes of at least 4 members (excludes halogenated alkanes) is 17. The minimum Gasteiger partial charge on any atom is -0.462 e. The molecule has 0 N–H and O–H groups in total. The summed E-state index contributed by atoms with van der Waals surface area (Å²) < 4.78 is 16.9. The zero-order valence-corrected chi connectivity index (χ0v) is 53.1. The quantitative estimate of drug-likeness (QED) is 0.0261. The summed E-state index contributed by atoms with van der Waals surface area (Å²) in [5.74, 6) is -1.00. The third-order valence-corrected chi connectivity index (χ3v) is 13.4. The zero-order valence-electron chi connectivity index (χ0n) is 53.1. The molecular weight excluding hydrogens is 1020 g/mol. The second-order valence-corrected chi connectivity index (χ2v) is 21.3. The summed E-state index contributed by atoms with van der Waals surface area (Å²) in [6, 6.07) is 0. The Kier molecular flexibility index (Phi) is 64.4. The van der Waals surface area contributed by atoms with E-state index in [9.17, 15) is 14.4 Å². The van der Waals surface area contributed by atoms with Crippen molar-refractivity contribution < 1.29 is 28.6 Å². The van der Waals surface area contributed by atoms with Gasteiger partial charge in [0.05, 0.1) is 0 Å². The fourth-order valence-electron chi connectivity index (χ4n) is 8.46. The van der Waals surface area contributed by atoms with Crippen molar-refractivity contribution in [1.82, 2.24) is 0 Å². The van der Waals surface area contributed by atoms with Crippen molar-refractivity contribution in [3.05, 3.63) is 182 Å². The summed E-state index contributed by atoms with van der Waals surface area (Å²) in [5, 5.41) is 0. The van der Waals surface area contributed by atoms with Crippen LogP contribution in [0.4, 0.5) is 0 Å². The summed E-state index contributed by atoms with van der Waals surface area (Å²) in [4.78, 5) is 38.4. The lowest BCUT2D eigenvalue weighted by atomic mass is 10.1. The van der Waals surface area contributed by atoms with E-state index in [0.717, 1.165) is 154 Å². The van der Waals surface area contributed by atoms with Crippen LogP contribution < -0.4 is 0 Å². The molecule has 0 spiro atoms. The molecule has 0 amide bonds. The van der Waals surface area contributed by atoms with Crippen LogP contribution in [0.15, 0.2) is 182 Å². The predicted molar refractivity (Wildman–Crippen MR) is 361 cm³/mol. The first-order valence-electron chi connectivity index (χ1n) is 33.3. The minimum atomic E-state index is -0.825. The standard InChI is InChI=1S/C77H120O6/c1-4-7-10-13-16-19-22-25-28-31-33-34-35-36-37-38-39-40-41-42-44-46-49-52-55-58-61-64-67-70-76(79)82-73-74(72-81-75(78)69-66-63-60-57-54-51-48-45-30-27-24-21-18-15-12-9-6-3)83-77(80)71-68-65-62-59-56-53-50-47-43-32-29-26-23-20-17-14-11-8-5-2/h7-8,10-11,16-21,25-30,33-34,36-37,39-40,42-44,47,49,52,58,61,74H,4-6,9,12-15,22-24,31-32,35,38,41,45-46,48,50-51,53-57,59-60,62-73H2,1-3H3/b10-7-,11-8-,19-16-,20-17-,21-18-,28-25-,29-26-,30-27-,34-33-,37-36-,40-39-,44-42-,47-43-,52-49-,61-58-. The van der Waals surface area contributed by atoms with E-state index in [0.29, 0.717) is 12.8 Å². The maximum atomic E-state index is 12.9. The molecular formula is C77H120O6. The van der Waals surface area contributed by atoms with E-state index in [1.165, 1.54) is 64.2 Å². The van der Waals surface area contributed by atoms with Crippen LogP contribution >= 0.6 is 0 Å². The molecule has 0 bridgehead atoms. The molecule has 0 aliphatic carbocycles. The molecule has 0 rings (SSSR count). The summed E-state index contributed by atoms with van der Waals surface area (Å²) in [7, 11) is 0. The van der Waals surface area contributed by atoms with Gasteiger partial charge in [0.2, 0.25) is 0 Å². The molecule has 0 radical (unpaired) electrons. The predicted octanol–water partition coefficient (Wildman–Crippen LogP) is 23.2. The van der Waals surface area contributed by atoms with E-state index >= 15 is 0 Å². The van der Waals surface area contributed by atoms with Gasteiger partial charge in [0.1, 0.15) is 13.2 Å². The number of ether oxygens (including phenoxy) is 3. The average Bonchev–Trinajstić information content (AvgIpc) is 3.49. The number of rotatable bonds is 58. The Balaban J connectivity index is 4.53. The molecule has 1 unspecified atom stereocenters. The van der Waals surface area contributed by atoms with Gasteiger partial charge in [0.15, 0.2) is 6.10 Å². The Morgan fingerprint density at radius 1 is 0.253 bits per heavy atom. The van der Waals surface area contributed by atoms with Crippen LogP contribution in [-0.4, -0.2) is 37.2 Å². The van der Waals surface area contributed by atoms with Crippen molar-refractivity contribution in [1.29, 1.82) is 0 Å². The topological polar surface area (TPSA) is 78.9 Å². The second-order valence-electron chi connectivity index (χ2n) is 21.3. The molecule has 0 aliphatic heterocycles. The molecule has 6 nitrogen and oxygen atoms in total. The maximum absolute atomic E-state index is 12.9. The van der Waals surface area contributed by atoms with E-state index in [-0.39, 0.29) is 44.0 Å². The fourth-order valence-corrected chi connectivity index (χ4v) is 8.46. The van der Waals surface area contributed by atoms with Crippen molar-refractivity contribution >= 4 is 17.9 Å². The lowest BCUT2D eigenvalue weighted by Crippen LogP contribution is -2.30. The molecule has 0 saturated heterocycles. The first kappa shape index (κ1) is 77.5. The van der Waals surface area contributed by atoms with Crippen LogP contribution in [0.5, 0.6) is 0 Å². The minimum absolute atomic E-state index is 0.115. The fraction of sp³-hybridized carbons (Fsp3) is 0.571. The monoisotopic (exact) mass is 1140 g/mol. The summed E-state index contributed by atoms with van der Waals surface area (Å²) in [6.07, 6.45) is 103. The molecule has 0 aliphatic rings. The lowest BCUT2D eigenvalue weighted by molar-refractivity contribution is -0.167. The van der Waals surface area contributed by atoms with Gasteiger partial charge in [-0.25, -0.2) is 0 Å². The van der Waals surface area contributed by atoms with Gasteiger partial charge < -0.3 is 14.2 Å². The number of carbonyl (C=O) groups is 3. The van der Waals surface area contributed by atoms with Gasteiger partial charge in [0, 0.05) is 19.3 Å². The van der Waals surface area contributed by atoms with Gasteiger partial charge >= 0.3 is 17.9 Å². The number of hydrogen-bond donors (Lipinski definition) is 0. The van der Waals surface area contributed by atoms with E-state index in [1.807, 2.05) is 0 Å². The van der Waals surface area contributed by atoms with Gasteiger partial charge in [-0.1, -0.05) is 274 Å². The van der Waals surface area contributed by atoms with E-state index in [4.69, 9.17) is 14.2 Å². The third-order valence-electron chi connectivity index (χ3n) is 13.4. The zero-order chi connectivity index (χ0) is 59.9. The smallest absolute Gasteiger partial charge is 0.306 e. The Hall–Kier alpha value is -5.49. The van der Waals surface area contributed by atoms with Gasteiger partial charge in [-0.3, -0.25) is 14.4 Å². The van der Waals surface area contributed by atoms with Crippen molar-refractivity contribution in [2.45, 2.75) is 271 Å². The molecule has 0 heterocycles. The lowest BCUT2D eigenvalue weighted by Gasteiger charge is -2.18.